The first-order valence-corrected chi connectivity index (χ1v) is 9.85. The van der Waals surface area contributed by atoms with Crippen molar-refractivity contribution in [2.24, 2.45) is 5.92 Å². The van der Waals surface area contributed by atoms with Gasteiger partial charge in [0.1, 0.15) is 11.8 Å². The molecule has 7 heteroatoms. The van der Waals surface area contributed by atoms with Gasteiger partial charge in [0, 0.05) is 17.7 Å². The Hall–Kier alpha value is -2.28. The number of hydrogen-bond acceptors (Lipinski definition) is 6. The van der Waals surface area contributed by atoms with Crippen LogP contribution in [-0.4, -0.2) is 33.4 Å². The number of methoxy groups -OCH3 is 1. The molecule has 0 saturated carbocycles. The molecule has 26 heavy (non-hydrogen) atoms. The van der Waals surface area contributed by atoms with Gasteiger partial charge >= 0.3 is 0 Å². The predicted molar refractivity (Wildman–Crippen MR) is 102 cm³/mol. The Kier molecular flexibility index (Phi) is 4.48. The highest BCUT2D eigenvalue weighted by molar-refractivity contribution is 7.99. The number of benzene rings is 1. The number of rotatable bonds is 4. The highest BCUT2D eigenvalue weighted by Crippen LogP contribution is 2.42. The number of hydrogen-bond donors (Lipinski definition) is 1. The van der Waals surface area contributed by atoms with Crippen molar-refractivity contribution in [3.05, 3.63) is 41.1 Å². The first-order chi connectivity index (χ1) is 12.6. The lowest BCUT2D eigenvalue weighted by Crippen LogP contribution is -2.33. The van der Waals surface area contributed by atoms with E-state index in [1.54, 1.807) is 18.9 Å². The van der Waals surface area contributed by atoms with Crippen LogP contribution in [-0.2, 0) is 4.79 Å². The Morgan fingerprint density at radius 1 is 1.31 bits per heavy atom. The second-order valence-electron chi connectivity index (χ2n) is 6.73. The van der Waals surface area contributed by atoms with Crippen molar-refractivity contribution in [3.63, 3.8) is 0 Å². The molecule has 136 valence electrons. The summed E-state index contributed by atoms with van der Waals surface area (Å²) < 4.78 is 7.13. The molecule has 4 rings (SSSR count). The van der Waals surface area contributed by atoms with Gasteiger partial charge in [-0.2, -0.15) is 4.98 Å². The van der Waals surface area contributed by atoms with Crippen LogP contribution in [0.4, 0.5) is 5.95 Å². The molecule has 0 saturated heterocycles. The van der Waals surface area contributed by atoms with Crippen LogP contribution in [0.1, 0.15) is 38.3 Å². The van der Waals surface area contributed by atoms with E-state index in [-0.39, 0.29) is 11.8 Å². The zero-order valence-electron chi connectivity index (χ0n) is 15.2. The molecule has 1 aromatic carbocycles. The highest BCUT2D eigenvalue weighted by atomic mass is 32.2. The average Bonchev–Trinajstić information content (AvgIpc) is 3.02. The van der Waals surface area contributed by atoms with Gasteiger partial charge in [-0.15, -0.1) is 5.10 Å². The van der Waals surface area contributed by atoms with Crippen LogP contribution in [0.15, 0.2) is 40.7 Å². The van der Waals surface area contributed by atoms with E-state index in [9.17, 15) is 4.79 Å². The summed E-state index contributed by atoms with van der Waals surface area (Å²) in [6, 6.07) is 7.61. The summed E-state index contributed by atoms with van der Waals surface area (Å²) in [5.41, 5.74) is 2.82. The lowest BCUT2D eigenvalue weighted by Gasteiger charge is -2.34. The fourth-order valence-electron chi connectivity index (χ4n) is 3.67. The van der Waals surface area contributed by atoms with E-state index < -0.39 is 0 Å². The summed E-state index contributed by atoms with van der Waals surface area (Å²) in [6.07, 6.45) is 1.44. The normalized spacial score (nSPS) is 21.9. The lowest BCUT2D eigenvalue weighted by molar-refractivity contribution is -0.117. The number of carbonyl (C=O) groups is 1. The predicted octanol–water partition coefficient (Wildman–Crippen LogP) is 3.67. The maximum Gasteiger partial charge on any atom is 0.227 e. The zero-order valence-corrected chi connectivity index (χ0v) is 16.0. The minimum absolute atomic E-state index is 0.193. The number of allylic oxidation sites excluding steroid dienone is 2. The first kappa shape index (κ1) is 17.1. The topological polar surface area (TPSA) is 69.0 Å². The summed E-state index contributed by atoms with van der Waals surface area (Å²) in [4.78, 5) is 17.5. The van der Waals surface area contributed by atoms with Crippen LogP contribution in [0.5, 0.6) is 5.75 Å². The van der Waals surface area contributed by atoms with Crippen LogP contribution in [0.25, 0.3) is 0 Å². The number of aromatic nitrogens is 3. The van der Waals surface area contributed by atoms with Crippen LogP contribution in [0.2, 0.25) is 0 Å². The molecule has 0 radical (unpaired) electrons. The molecule has 2 unspecified atom stereocenters. The van der Waals surface area contributed by atoms with Crippen molar-refractivity contribution in [1.82, 2.24) is 14.8 Å². The third kappa shape index (κ3) is 2.90. The van der Waals surface area contributed by atoms with Gasteiger partial charge in [-0.25, -0.2) is 4.68 Å². The molecule has 1 N–H and O–H groups in total. The monoisotopic (exact) mass is 370 g/mol. The van der Waals surface area contributed by atoms with Gasteiger partial charge in [0.25, 0.3) is 0 Å². The molecule has 0 amide bonds. The molecule has 2 heterocycles. The molecule has 6 nitrogen and oxygen atoms in total. The minimum atomic E-state index is -0.245. The SMILES string of the molecule is CCSc1nc2n(n1)C(c1ccc(OC)cc1)C1=C(CC(C)CC1=O)N2. The van der Waals surface area contributed by atoms with Crippen molar-refractivity contribution in [2.75, 3.05) is 18.2 Å². The third-order valence-electron chi connectivity index (χ3n) is 4.81. The Morgan fingerprint density at radius 3 is 2.77 bits per heavy atom. The standard InChI is InChI=1S/C19H22N4O2S/c1-4-26-19-21-18-20-14-9-11(2)10-15(24)16(14)17(23(18)22-19)12-5-7-13(25-3)8-6-12/h5-8,11,17H,4,9-10H2,1-3H3,(H,20,21,22). The Bertz CT molecular complexity index is 872. The van der Waals surface area contributed by atoms with Gasteiger partial charge in [-0.3, -0.25) is 4.79 Å². The van der Waals surface area contributed by atoms with E-state index in [0.29, 0.717) is 18.3 Å². The maximum absolute atomic E-state index is 12.9. The number of carbonyl (C=O) groups excluding carboxylic acids is 1. The van der Waals surface area contributed by atoms with Crippen molar-refractivity contribution >= 4 is 23.5 Å². The number of nitrogens with one attached hydrogen (secondary N) is 1. The van der Waals surface area contributed by atoms with Crippen LogP contribution in [0.3, 0.4) is 0 Å². The molecule has 0 fully saturated rings. The molecule has 1 aromatic heterocycles. The summed E-state index contributed by atoms with van der Waals surface area (Å²) in [5.74, 6) is 2.94. The maximum atomic E-state index is 12.9. The number of nitrogens with zero attached hydrogens (tertiary/aromatic N) is 3. The van der Waals surface area contributed by atoms with E-state index in [1.807, 2.05) is 28.9 Å². The summed E-state index contributed by atoms with van der Waals surface area (Å²) in [6.45, 7) is 4.19. The van der Waals surface area contributed by atoms with E-state index in [2.05, 4.69) is 29.2 Å². The lowest BCUT2D eigenvalue weighted by atomic mass is 9.81. The highest BCUT2D eigenvalue weighted by Gasteiger charge is 2.38. The second kappa shape index (κ2) is 6.79. The number of ether oxygens (including phenoxy) is 1. The quantitative estimate of drug-likeness (QED) is 0.828. The largest absolute Gasteiger partial charge is 0.497 e. The smallest absolute Gasteiger partial charge is 0.227 e. The molecular weight excluding hydrogens is 348 g/mol. The van der Waals surface area contributed by atoms with Crippen LogP contribution >= 0.6 is 11.8 Å². The number of fused-ring (bicyclic) bond motifs is 1. The number of anilines is 1. The number of ketones is 1. The molecular formula is C19H22N4O2S. The second-order valence-corrected chi connectivity index (χ2v) is 7.96. The Morgan fingerprint density at radius 2 is 2.08 bits per heavy atom. The summed E-state index contributed by atoms with van der Waals surface area (Å²) in [7, 11) is 1.65. The summed E-state index contributed by atoms with van der Waals surface area (Å²) >= 11 is 1.60. The molecule has 1 aliphatic carbocycles. The van der Waals surface area contributed by atoms with Gasteiger partial charge in [0.2, 0.25) is 11.1 Å². The van der Waals surface area contributed by atoms with Gasteiger partial charge in [0.05, 0.1) is 7.11 Å². The van der Waals surface area contributed by atoms with E-state index in [4.69, 9.17) is 4.74 Å². The third-order valence-corrected chi connectivity index (χ3v) is 5.53. The fraction of sp³-hybridized carbons (Fsp3) is 0.421. The molecule has 1 aliphatic heterocycles. The molecule has 0 bridgehead atoms. The summed E-state index contributed by atoms with van der Waals surface area (Å²) in [5, 5.41) is 8.78. The van der Waals surface area contributed by atoms with Gasteiger partial charge < -0.3 is 10.1 Å². The average molecular weight is 370 g/mol. The Labute approximate surface area is 157 Å². The zero-order chi connectivity index (χ0) is 18.3. The minimum Gasteiger partial charge on any atom is -0.497 e. The van der Waals surface area contributed by atoms with Gasteiger partial charge in [-0.05, 0) is 35.8 Å². The van der Waals surface area contributed by atoms with Crippen molar-refractivity contribution < 1.29 is 9.53 Å². The molecule has 2 aliphatic rings. The van der Waals surface area contributed by atoms with Crippen molar-refractivity contribution in [1.29, 1.82) is 0 Å². The van der Waals surface area contributed by atoms with Crippen molar-refractivity contribution in [2.45, 2.75) is 37.9 Å². The van der Waals surface area contributed by atoms with Crippen LogP contribution < -0.4 is 10.1 Å². The van der Waals surface area contributed by atoms with E-state index in [0.717, 1.165) is 39.9 Å². The Balaban J connectivity index is 1.84. The molecule has 0 spiro atoms. The van der Waals surface area contributed by atoms with Gasteiger partial charge in [-0.1, -0.05) is 37.7 Å². The molecule has 2 atom stereocenters. The van der Waals surface area contributed by atoms with Crippen molar-refractivity contribution in [3.8, 4) is 5.75 Å². The first-order valence-electron chi connectivity index (χ1n) is 8.87. The molecule has 2 aromatic rings. The van der Waals surface area contributed by atoms with E-state index >= 15 is 0 Å². The van der Waals surface area contributed by atoms with Crippen LogP contribution in [0, 0.1) is 5.92 Å². The van der Waals surface area contributed by atoms with Gasteiger partial charge in [0.15, 0.2) is 5.78 Å². The number of Topliss-reactive ketones (excluding diaryl/α,β-unsaturated/α-hetero) is 1. The fourth-order valence-corrected chi connectivity index (χ4v) is 4.23. The van der Waals surface area contributed by atoms with E-state index in [1.165, 1.54) is 0 Å². The number of thioether (sulfide) groups is 1.